The van der Waals surface area contributed by atoms with Crippen molar-refractivity contribution in [3.05, 3.63) is 344 Å². The number of methoxy groups -OCH3 is 1. The van der Waals surface area contributed by atoms with Crippen molar-refractivity contribution < 1.29 is 28.6 Å². The molecule has 0 aliphatic heterocycles. The Hall–Kier alpha value is -12.0. The Kier molecular flexibility index (Phi) is 24.7. The predicted octanol–water partition coefficient (Wildman–Crippen LogP) is 16.9. The van der Waals surface area contributed by atoms with Gasteiger partial charge < -0.3 is 53.6 Å². The lowest BCUT2D eigenvalue weighted by molar-refractivity contribution is 0.0670. The van der Waals surface area contributed by atoms with Crippen LogP contribution in [0.25, 0.3) is 27.8 Å². The number of benzene rings is 10. The number of nitrogens with two attached hydrogens (primary N) is 3. The molecular weight excluding hydrogens is 1420 g/mol. The molecule has 0 spiro atoms. The second kappa shape index (κ2) is 35.8. The van der Waals surface area contributed by atoms with Gasteiger partial charge in [0.15, 0.2) is 0 Å². The number of ether oxygens (including phenoxy) is 1. The van der Waals surface area contributed by atoms with E-state index in [1.165, 1.54) is 55.7 Å². The zero-order valence-electron chi connectivity index (χ0n) is 65.1. The first kappa shape index (κ1) is 78.7. The van der Waals surface area contributed by atoms with Crippen molar-refractivity contribution in [1.29, 1.82) is 0 Å². The van der Waals surface area contributed by atoms with Gasteiger partial charge in [0.2, 0.25) is 0 Å². The maximum Gasteiger partial charge on any atom is 0.274 e. The highest BCUT2D eigenvalue weighted by molar-refractivity contribution is 6.05. The van der Waals surface area contributed by atoms with Gasteiger partial charge in [0.25, 0.3) is 17.7 Å². The Balaban J connectivity index is 0.000000142. The number of amides is 3. The predicted molar refractivity (Wildman–Crippen MR) is 450 cm³/mol. The maximum absolute atomic E-state index is 15.3. The Morgan fingerprint density at radius 2 is 0.939 bits per heavy atom. The summed E-state index contributed by atoms with van der Waals surface area (Å²) in [5.41, 5.74) is 33.4. The number of nitrogens with one attached hydrogen (secondary N) is 5. The number of carbonyl (C=O) groups is 3. The van der Waals surface area contributed by atoms with Gasteiger partial charge in [-0.3, -0.25) is 14.4 Å². The van der Waals surface area contributed by atoms with Crippen LogP contribution in [0.4, 0.5) is 21.5 Å². The van der Waals surface area contributed by atoms with Crippen molar-refractivity contribution >= 4 is 45.6 Å². The summed E-state index contributed by atoms with van der Waals surface area (Å²) in [6.45, 7) is 10.7. The molecular formula is C94H99FN14O5. The molecule has 3 atom stereocenters. The fourth-order valence-corrected chi connectivity index (χ4v) is 14.7. The molecule has 0 bridgehead atoms. The highest BCUT2D eigenvalue weighted by atomic mass is 19.1. The second-order valence-corrected chi connectivity index (χ2v) is 30.3. The minimum Gasteiger partial charge on any atom is -0.496 e. The quantitative estimate of drug-likeness (QED) is 0.0221. The van der Waals surface area contributed by atoms with Gasteiger partial charge in [-0.15, -0.1) is 0 Å². The first-order valence-corrected chi connectivity index (χ1v) is 39.3. The van der Waals surface area contributed by atoms with E-state index in [-0.39, 0.29) is 29.6 Å². The van der Waals surface area contributed by atoms with E-state index in [4.69, 9.17) is 21.9 Å². The van der Waals surface area contributed by atoms with Gasteiger partial charge in [0.05, 0.1) is 59.0 Å². The molecule has 13 aromatic rings. The lowest BCUT2D eigenvalue weighted by atomic mass is 9.82. The van der Waals surface area contributed by atoms with Gasteiger partial charge in [0.1, 0.15) is 34.2 Å². The van der Waals surface area contributed by atoms with Crippen LogP contribution in [0.2, 0.25) is 0 Å². The molecule has 3 aromatic heterocycles. The molecule has 582 valence electrons. The molecule has 114 heavy (non-hydrogen) atoms. The van der Waals surface area contributed by atoms with Crippen molar-refractivity contribution in [1.82, 2.24) is 40.0 Å². The standard InChI is InChI=1S/C34H34FN5O2.C30H33N5O.C30H32N4O2/c1-21-16-30(40(39-21)26-8-5-6-23(17-26)19-36)34(41)38-29-18-25(12-14-28(29)35)33(37-20-22-10-11-22)32-27-9-4-3-7-24(27)13-15-31(32)42-2;1-20-6-3-8-24(14-20)29(32-19-22-12-13-22)25-9-5-10-26(17-25)33-30(36)28-15-21(2)34-35(28)27-11-4-7-23(16-27)18-31;1-21-17-28(34(33-21)27-12-5-7-23(18-27)20-31)29(35)32-26-11-6-10-25(19-26)30(36,16-15-22-13-14-22)24-8-3-2-4-9-24/h3-9,12-18,22,33,37H,10-11,19-20,36H2,1-2H3,(H,38,41);3-11,14-17,22,29,32H,12-13,18-19,31H2,1-2H3,(H,33,36);2-12,17-19,22,36H,13-16,20,31H2,1H3,(H,32,35). The fourth-order valence-electron chi connectivity index (χ4n) is 14.7. The van der Waals surface area contributed by atoms with Crippen molar-refractivity contribution in [2.45, 2.75) is 116 Å². The van der Waals surface area contributed by atoms with Crippen LogP contribution in [0.1, 0.15) is 168 Å². The van der Waals surface area contributed by atoms with E-state index < -0.39 is 17.3 Å². The number of aliphatic hydroxyl groups is 1. The second-order valence-electron chi connectivity index (χ2n) is 30.3. The highest BCUT2D eigenvalue weighted by Crippen LogP contribution is 2.43. The van der Waals surface area contributed by atoms with E-state index in [0.29, 0.717) is 72.0 Å². The monoisotopic (exact) mass is 1520 g/mol. The van der Waals surface area contributed by atoms with Crippen molar-refractivity contribution in [3.8, 4) is 22.8 Å². The van der Waals surface area contributed by atoms with Crippen LogP contribution in [0.5, 0.6) is 5.75 Å². The third-order valence-corrected chi connectivity index (χ3v) is 21.3. The lowest BCUT2D eigenvalue weighted by Gasteiger charge is -2.30. The number of fused-ring (bicyclic) bond motifs is 1. The van der Waals surface area contributed by atoms with Crippen LogP contribution in [-0.2, 0) is 25.2 Å². The SMILES string of the molecule is COc1ccc2ccccc2c1C(NCC1CC1)c1ccc(F)c(NC(=O)c2cc(C)nn2-c2cccc(CN)c2)c1.Cc1cc(C(=O)Nc2cccc(C(O)(CCC3CC3)c3ccccc3)c2)n(-c2cccc(CN)c2)n1.Cc1cccc(C(NCC2CC2)c2cccc(NC(=O)c3cc(C)nn3-c3cccc(CN)c3)c2)c1. The van der Waals surface area contributed by atoms with E-state index in [1.807, 2.05) is 185 Å². The van der Waals surface area contributed by atoms with Gasteiger partial charge in [0, 0.05) is 36.6 Å². The normalized spacial score (nSPS) is 14.2. The third kappa shape index (κ3) is 19.2. The Labute approximate surface area is 665 Å². The van der Waals surface area contributed by atoms with Gasteiger partial charge in [-0.25, -0.2) is 18.4 Å². The Bertz CT molecular complexity index is 5570. The van der Waals surface area contributed by atoms with Gasteiger partial charge in [-0.1, -0.05) is 170 Å². The molecule has 3 amide bonds. The van der Waals surface area contributed by atoms with Crippen LogP contribution >= 0.6 is 0 Å². The number of nitrogens with zero attached hydrogens (tertiary/aromatic N) is 6. The van der Waals surface area contributed by atoms with Crippen LogP contribution in [0.3, 0.4) is 0 Å². The first-order chi connectivity index (χ1) is 55.4. The molecule has 3 heterocycles. The van der Waals surface area contributed by atoms with Crippen LogP contribution in [-0.4, -0.2) is 72.4 Å². The number of rotatable bonds is 28. The van der Waals surface area contributed by atoms with E-state index in [2.05, 4.69) is 97.3 Å². The number of anilines is 3. The summed E-state index contributed by atoms with van der Waals surface area (Å²) in [4.78, 5) is 40.3. The number of hydrogen-bond acceptors (Lipinski definition) is 13. The topological polar surface area (TPSA) is 272 Å². The van der Waals surface area contributed by atoms with E-state index >= 15 is 4.39 Å². The molecule has 3 aliphatic rings. The van der Waals surface area contributed by atoms with E-state index in [9.17, 15) is 19.5 Å². The summed E-state index contributed by atoms with van der Waals surface area (Å²) in [6, 6.07) is 79.2. The summed E-state index contributed by atoms with van der Waals surface area (Å²) < 4.78 is 26.0. The summed E-state index contributed by atoms with van der Waals surface area (Å²) in [6.07, 6.45) is 9.07. The van der Waals surface area contributed by atoms with Gasteiger partial charge in [-0.2, -0.15) is 15.3 Å². The molecule has 3 unspecified atom stereocenters. The van der Waals surface area contributed by atoms with Crippen molar-refractivity contribution in [3.63, 3.8) is 0 Å². The molecule has 0 saturated heterocycles. The third-order valence-electron chi connectivity index (χ3n) is 21.3. The van der Waals surface area contributed by atoms with E-state index in [0.717, 1.165) is 115 Å². The number of hydrogen-bond donors (Lipinski definition) is 9. The Morgan fingerprint density at radius 1 is 0.474 bits per heavy atom. The van der Waals surface area contributed by atoms with Gasteiger partial charge >= 0.3 is 0 Å². The van der Waals surface area contributed by atoms with Crippen molar-refractivity contribution in [2.24, 2.45) is 35.0 Å². The fraction of sp³-hybridized carbons (Fsp3) is 0.255. The maximum atomic E-state index is 15.3. The van der Waals surface area contributed by atoms with Crippen molar-refractivity contribution in [2.75, 3.05) is 36.1 Å². The Morgan fingerprint density at radius 3 is 1.46 bits per heavy atom. The summed E-state index contributed by atoms with van der Waals surface area (Å²) >= 11 is 0. The molecule has 3 aliphatic carbocycles. The number of aromatic nitrogens is 6. The van der Waals surface area contributed by atoms with Crippen LogP contribution < -0.4 is 48.5 Å². The molecule has 3 fully saturated rings. The summed E-state index contributed by atoms with van der Waals surface area (Å²) in [5.74, 6) is 1.37. The molecule has 0 radical (unpaired) electrons. The molecule has 16 rings (SSSR count). The summed E-state index contributed by atoms with van der Waals surface area (Å²) in [7, 11) is 1.66. The average Bonchev–Trinajstić information content (AvgIpc) is 1.50. The number of aryl methyl sites for hydroxylation is 4. The van der Waals surface area contributed by atoms with Crippen LogP contribution in [0.15, 0.2) is 249 Å². The zero-order chi connectivity index (χ0) is 79.4. The van der Waals surface area contributed by atoms with Crippen LogP contribution in [0, 0.1) is 51.3 Å². The largest absolute Gasteiger partial charge is 0.496 e. The van der Waals surface area contributed by atoms with E-state index in [1.54, 1.807) is 51.5 Å². The molecule has 19 nitrogen and oxygen atoms in total. The molecule has 10 aromatic carbocycles. The minimum absolute atomic E-state index is 0.0640. The highest BCUT2D eigenvalue weighted by Gasteiger charge is 2.35. The molecule has 12 N–H and O–H groups in total. The first-order valence-electron chi connectivity index (χ1n) is 39.3. The molecule has 20 heteroatoms. The summed E-state index contributed by atoms with van der Waals surface area (Å²) in [5, 5.41) is 44.1. The number of carbonyl (C=O) groups excluding carboxylic acids is 3. The lowest BCUT2D eigenvalue weighted by Crippen LogP contribution is -2.28. The van der Waals surface area contributed by atoms with Gasteiger partial charge in [-0.05, 0) is 249 Å². The molecule has 3 saturated carbocycles. The average molecular weight is 1520 g/mol. The smallest absolute Gasteiger partial charge is 0.274 e. The number of halogens is 1. The zero-order valence-corrected chi connectivity index (χ0v) is 65.1. The minimum atomic E-state index is -1.12.